The monoisotopic (exact) mass is 288 g/mol. The molecule has 0 spiro atoms. The minimum Gasteiger partial charge on any atom is -0.481 e. The van der Waals surface area contributed by atoms with Crippen LogP contribution in [-0.4, -0.2) is 29.6 Å². The van der Waals surface area contributed by atoms with Crippen molar-refractivity contribution in [3.05, 3.63) is 29.8 Å². The third kappa shape index (κ3) is 2.73. The number of benzene rings is 1. The highest BCUT2D eigenvalue weighted by Gasteiger charge is 2.35. The van der Waals surface area contributed by atoms with E-state index in [1.165, 1.54) is 0 Å². The standard InChI is InChI=1S/C16H20N2O3/c19-15(12-9-17-13-7-3-1-5-10(12)13)18-14-8-4-2-6-11(14)16(20)21/h1,3,5,7,11-12,14,17H,2,4,6,8-9H2,(H,18,19)(H,20,21). The van der Waals surface area contributed by atoms with Gasteiger partial charge in [-0.05, 0) is 24.5 Å². The highest BCUT2D eigenvalue weighted by Crippen LogP contribution is 2.32. The Labute approximate surface area is 123 Å². The van der Waals surface area contributed by atoms with Crippen LogP contribution >= 0.6 is 0 Å². The zero-order chi connectivity index (χ0) is 14.8. The number of carbonyl (C=O) groups is 2. The fourth-order valence-corrected chi connectivity index (χ4v) is 3.40. The molecule has 1 heterocycles. The summed E-state index contributed by atoms with van der Waals surface area (Å²) in [6.45, 7) is 0.579. The van der Waals surface area contributed by atoms with Gasteiger partial charge >= 0.3 is 5.97 Å². The molecule has 3 unspecified atom stereocenters. The molecule has 0 radical (unpaired) electrons. The Morgan fingerprint density at radius 3 is 2.76 bits per heavy atom. The molecule has 1 aliphatic carbocycles. The molecule has 0 saturated heterocycles. The van der Waals surface area contributed by atoms with E-state index in [4.69, 9.17) is 0 Å². The van der Waals surface area contributed by atoms with Gasteiger partial charge in [0.25, 0.3) is 0 Å². The van der Waals surface area contributed by atoms with Gasteiger partial charge < -0.3 is 15.7 Å². The molecule has 112 valence electrons. The van der Waals surface area contributed by atoms with Crippen LogP contribution in [0.4, 0.5) is 5.69 Å². The van der Waals surface area contributed by atoms with Crippen molar-refractivity contribution in [3.8, 4) is 0 Å². The van der Waals surface area contributed by atoms with Gasteiger partial charge in [0.15, 0.2) is 0 Å². The molecule has 1 fully saturated rings. The van der Waals surface area contributed by atoms with Crippen LogP contribution in [0.15, 0.2) is 24.3 Å². The zero-order valence-corrected chi connectivity index (χ0v) is 11.8. The van der Waals surface area contributed by atoms with E-state index in [9.17, 15) is 14.7 Å². The number of aliphatic carboxylic acids is 1. The highest BCUT2D eigenvalue weighted by atomic mass is 16.4. The van der Waals surface area contributed by atoms with Crippen LogP contribution in [0.2, 0.25) is 0 Å². The SMILES string of the molecule is O=C(NC1CCCCC1C(=O)O)C1CNc2ccccc21. The Hall–Kier alpha value is -2.04. The van der Waals surface area contributed by atoms with Crippen molar-refractivity contribution in [3.63, 3.8) is 0 Å². The molecule has 2 aliphatic rings. The van der Waals surface area contributed by atoms with Gasteiger partial charge in [-0.1, -0.05) is 31.0 Å². The van der Waals surface area contributed by atoms with Gasteiger partial charge in [0, 0.05) is 18.3 Å². The Morgan fingerprint density at radius 2 is 1.95 bits per heavy atom. The highest BCUT2D eigenvalue weighted by molar-refractivity contribution is 5.88. The maximum atomic E-state index is 12.5. The second-order valence-corrected chi connectivity index (χ2v) is 5.87. The third-order valence-electron chi connectivity index (χ3n) is 4.56. The number of carbonyl (C=O) groups excluding carboxylic acids is 1. The number of carboxylic acids is 1. The van der Waals surface area contributed by atoms with Gasteiger partial charge in [-0.2, -0.15) is 0 Å². The first-order valence-electron chi connectivity index (χ1n) is 7.53. The van der Waals surface area contributed by atoms with E-state index in [0.717, 1.165) is 30.5 Å². The van der Waals surface area contributed by atoms with Crippen molar-refractivity contribution in [2.45, 2.75) is 37.6 Å². The van der Waals surface area contributed by atoms with Crippen molar-refractivity contribution in [2.75, 3.05) is 11.9 Å². The molecule has 21 heavy (non-hydrogen) atoms. The molecule has 5 heteroatoms. The maximum absolute atomic E-state index is 12.5. The summed E-state index contributed by atoms with van der Waals surface area (Å²) in [4.78, 5) is 23.8. The first-order chi connectivity index (χ1) is 10.2. The number of nitrogens with one attached hydrogen (secondary N) is 2. The Balaban J connectivity index is 1.70. The average Bonchev–Trinajstić information content (AvgIpc) is 2.91. The fourth-order valence-electron chi connectivity index (χ4n) is 3.40. The molecule has 1 saturated carbocycles. The molecule has 5 nitrogen and oxygen atoms in total. The quantitative estimate of drug-likeness (QED) is 0.794. The van der Waals surface area contributed by atoms with E-state index in [2.05, 4.69) is 10.6 Å². The summed E-state index contributed by atoms with van der Waals surface area (Å²) in [5, 5.41) is 15.5. The normalized spacial score (nSPS) is 27.5. The molecule has 0 aromatic heterocycles. The Morgan fingerprint density at radius 1 is 1.19 bits per heavy atom. The van der Waals surface area contributed by atoms with Crippen molar-refractivity contribution in [2.24, 2.45) is 5.92 Å². The average molecular weight is 288 g/mol. The van der Waals surface area contributed by atoms with E-state index in [0.29, 0.717) is 13.0 Å². The van der Waals surface area contributed by atoms with Gasteiger partial charge in [-0.25, -0.2) is 0 Å². The second-order valence-electron chi connectivity index (χ2n) is 5.87. The van der Waals surface area contributed by atoms with Crippen molar-refractivity contribution >= 4 is 17.6 Å². The third-order valence-corrected chi connectivity index (χ3v) is 4.56. The maximum Gasteiger partial charge on any atom is 0.308 e. The molecule has 0 bridgehead atoms. The number of amides is 1. The predicted molar refractivity (Wildman–Crippen MR) is 79.2 cm³/mol. The summed E-state index contributed by atoms with van der Waals surface area (Å²) >= 11 is 0. The predicted octanol–water partition coefficient (Wildman–Crippen LogP) is 1.96. The molecule has 1 aromatic carbocycles. The van der Waals surface area contributed by atoms with Crippen LogP contribution in [-0.2, 0) is 9.59 Å². The van der Waals surface area contributed by atoms with Gasteiger partial charge in [0.2, 0.25) is 5.91 Å². The number of rotatable bonds is 3. The number of hydrogen-bond donors (Lipinski definition) is 3. The molecule has 1 aromatic rings. The molecular weight excluding hydrogens is 268 g/mol. The van der Waals surface area contributed by atoms with Crippen molar-refractivity contribution < 1.29 is 14.7 Å². The number of hydrogen-bond acceptors (Lipinski definition) is 3. The minimum absolute atomic E-state index is 0.0643. The number of carboxylic acid groups (broad SMARTS) is 1. The topological polar surface area (TPSA) is 78.4 Å². The lowest BCUT2D eigenvalue weighted by molar-refractivity contribution is -0.144. The van der Waals surface area contributed by atoms with Crippen molar-refractivity contribution in [1.29, 1.82) is 0 Å². The number of fused-ring (bicyclic) bond motifs is 1. The summed E-state index contributed by atoms with van der Waals surface area (Å²) < 4.78 is 0. The van der Waals surface area contributed by atoms with E-state index in [-0.39, 0.29) is 17.9 Å². The Bertz CT molecular complexity index is 558. The van der Waals surface area contributed by atoms with Gasteiger partial charge in [0.05, 0.1) is 11.8 Å². The van der Waals surface area contributed by atoms with E-state index < -0.39 is 11.9 Å². The molecule has 3 rings (SSSR count). The summed E-state index contributed by atoms with van der Waals surface area (Å²) in [6, 6.07) is 7.54. The first kappa shape index (κ1) is 13.9. The van der Waals surface area contributed by atoms with E-state index in [1.807, 2.05) is 24.3 Å². The van der Waals surface area contributed by atoms with Crippen LogP contribution in [0.25, 0.3) is 0 Å². The molecule has 3 N–H and O–H groups in total. The minimum atomic E-state index is -0.801. The van der Waals surface area contributed by atoms with Crippen LogP contribution in [0.3, 0.4) is 0 Å². The van der Waals surface area contributed by atoms with Crippen LogP contribution in [0.1, 0.15) is 37.2 Å². The molecule has 1 amide bonds. The molecule has 3 atom stereocenters. The van der Waals surface area contributed by atoms with Crippen LogP contribution < -0.4 is 10.6 Å². The van der Waals surface area contributed by atoms with Gasteiger partial charge in [-0.3, -0.25) is 9.59 Å². The smallest absolute Gasteiger partial charge is 0.308 e. The van der Waals surface area contributed by atoms with Crippen LogP contribution in [0, 0.1) is 5.92 Å². The van der Waals surface area contributed by atoms with Crippen LogP contribution in [0.5, 0.6) is 0 Å². The molecular formula is C16H20N2O3. The molecule has 1 aliphatic heterocycles. The van der Waals surface area contributed by atoms with E-state index in [1.54, 1.807) is 0 Å². The van der Waals surface area contributed by atoms with Gasteiger partial charge in [0.1, 0.15) is 0 Å². The summed E-state index contributed by atoms with van der Waals surface area (Å²) in [6.07, 6.45) is 3.32. The second kappa shape index (κ2) is 5.76. The first-order valence-corrected chi connectivity index (χ1v) is 7.53. The van der Waals surface area contributed by atoms with E-state index >= 15 is 0 Å². The van der Waals surface area contributed by atoms with Crippen molar-refractivity contribution in [1.82, 2.24) is 5.32 Å². The zero-order valence-electron chi connectivity index (χ0n) is 11.8. The van der Waals surface area contributed by atoms with Gasteiger partial charge in [-0.15, -0.1) is 0 Å². The lowest BCUT2D eigenvalue weighted by Crippen LogP contribution is -2.46. The largest absolute Gasteiger partial charge is 0.481 e. The number of para-hydroxylation sites is 1. The fraction of sp³-hybridized carbons (Fsp3) is 0.500. The number of anilines is 1. The summed E-state index contributed by atoms with van der Waals surface area (Å²) in [7, 11) is 0. The Kier molecular flexibility index (Phi) is 3.82. The lowest BCUT2D eigenvalue weighted by atomic mass is 9.84. The summed E-state index contributed by atoms with van der Waals surface area (Å²) in [5.41, 5.74) is 1.99. The summed E-state index contributed by atoms with van der Waals surface area (Å²) in [5.74, 6) is -1.54. The lowest BCUT2D eigenvalue weighted by Gasteiger charge is -2.30.